The van der Waals surface area contributed by atoms with Crippen LogP contribution in [0.15, 0.2) is 34.7 Å². The number of ether oxygens (including phenoxy) is 3. The maximum Gasteiger partial charge on any atom is 0.402 e. The SMILES string of the molecule is COc1cc(-c2[o+]c3cc(O)cc(O)c3cc2O[C@@H]2O[C@@H](CO)[C@@H](O)[C@H](O)[C@H]2O)cc(O)c1O.[Cl-]. The summed E-state index contributed by atoms with van der Waals surface area (Å²) in [5.74, 6) is -2.12. The van der Waals surface area contributed by atoms with Gasteiger partial charge in [-0.15, -0.1) is 0 Å². The number of rotatable bonds is 5. The van der Waals surface area contributed by atoms with E-state index in [9.17, 15) is 40.9 Å². The average molecular weight is 515 g/mol. The Hall–Kier alpha value is -3.26. The number of phenolic OH excluding ortho intramolecular Hbond substituents is 4. The minimum atomic E-state index is -1.74. The van der Waals surface area contributed by atoms with Crippen molar-refractivity contribution in [1.82, 2.24) is 0 Å². The zero-order valence-electron chi connectivity index (χ0n) is 18.1. The monoisotopic (exact) mass is 514 g/mol. The second kappa shape index (κ2) is 10.2. The van der Waals surface area contributed by atoms with Gasteiger partial charge in [-0.2, -0.15) is 0 Å². The molecule has 190 valence electrons. The molecule has 8 N–H and O–H groups in total. The van der Waals surface area contributed by atoms with E-state index in [1.165, 1.54) is 25.3 Å². The minimum Gasteiger partial charge on any atom is -1.00 e. The van der Waals surface area contributed by atoms with Gasteiger partial charge in [0.25, 0.3) is 0 Å². The Morgan fingerprint density at radius 3 is 2.26 bits per heavy atom. The highest BCUT2D eigenvalue weighted by atomic mass is 35.5. The van der Waals surface area contributed by atoms with E-state index in [-0.39, 0.29) is 57.7 Å². The highest BCUT2D eigenvalue weighted by Gasteiger charge is 2.45. The zero-order valence-corrected chi connectivity index (χ0v) is 18.8. The molecule has 0 unspecified atom stereocenters. The number of hydrogen-bond donors (Lipinski definition) is 8. The number of methoxy groups -OCH3 is 1. The smallest absolute Gasteiger partial charge is 0.402 e. The van der Waals surface area contributed by atoms with E-state index in [0.29, 0.717) is 0 Å². The molecule has 0 amide bonds. The molecule has 0 spiro atoms. The summed E-state index contributed by atoms with van der Waals surface area (Å²) in [6.07, 6.45) is -7.88. The van der Waals surface area contributed by atoms with E-state index >= 15 is 0 Å². The van der Waals surface area contributed by atoms with Crippen LogP contribution >= 0.6 is 0 Å². The van der Waals surface area contributed by atoms with Crippen LogP contribution in [0.5, 0.6) is 34.5 Å². The molecule has 4 rings (SSSR count). The fraction of sp³-hybridized carbons (Fsp3) is 0.318. The van der Waals surface area contributed by atoms with E-state index < -0.39 is 48.8 Å². The molecule has 0 bridgehead atoms. The van der Waals surface area contributed by atoms with Crippen molar-refractivity contribution in [2.45, 2.75) is 30.7 Å². The standard InChI is InChI=1S/C22H22O12.ClH/c1-31-14-3-8(2-12(26)17(14)27)21-15(6-10-11(25)4-9(24)5-13(10)32-21)33-22-20(30)19(29)18(28)16(7-23)34-22;/h2-6,16,18-20,22-23,28-30H,7H2,1H3,(H3-,24,25,26,27);1H/t16-,18+,19-,20+,22+;/m0./s1. The molecule has 1 fully saturated rings. The fourth-order valence-electron chi connectivity index (χ4n) is 3.64. The lowest BCUT2D eigenvalue weighted by atomic mass is 9.99. The van der Waals surface area contributed by atoms with Crippen LogP contribution < -0.4 is 21.9 Å². The molecule has 1 saturated heterocycles. The minimum absolute atomic E-state index is 0. The van der Waals surface area contributed by atoms with Gasteiger partial charge >= 0.3 is 11.3 Å². The van der Waals surface area contributed by atoms with Gasteiger partial charge in [0, 0.05) is 24.3 Å². The second-order valence-electron chi connectivity index (χ2n) is 7.68. The first-order valence-corrected chi connectivity index (χ1v) is 10.0. The number of halogens is 1. The maximum atomic E-state index is 10.4. The molecule has 2 heterocycles. The van der Waals surface area contributed by atoms with Gasteiger partial charge in [-0.1, -0.05) is 0 Å². The van der Waals surface area contributed by atoms with Gasteiger partial charge in [0.15, 0.2) is 11.5 Å². The van der Waals surface area contributed by atoms with Crippen molar-refractivity contribution in [2.24, 2.45) is 0 Å². The Bertz CT molecular complexity index is 1220. The quantitative estimate of drug-likeness (QED) is 0.130. The van der Waals surface area contributed by atoms with Gasteiger partial charge in [0.1, 0.15) is 41.3 Å². The van der Waals surface area contributed by atoms with Crippen LogP contribution in [0, 0.1) is 0 Å². The van der Waals surface area contributed by atoms with Crippen LogP contribution in [0.4, 0.5) is 0 Å². The Morgan fingerprint density at radius 1 is 0.886 bits per heavy atom. The molecule has 5 atom stereocenters. The second-order valence-corrected chi connectivity index (χ2v) is 7.68. The number of aliphatic hydroxyl groups is 4. The maximum absolute atomic E-state index is 10.4. The summed E-state index contributed by atoms with van der Waals surface area (Å²) < 4.78 is 22.0. The van der Waals surface area contributed by atoms with Gasteiger partial charge in [-0.25, -0.2) is 4.42 Å². The van der Waals surface area contributed by atoms with Crippen molar-refractivity contribution in [3.63, 3.8) is 0 Å². The molecular formula is C22H23ClO12. The fourth-order valence-corrected chi connectivity index (χ4v) is 3.64. The van der Waals surface area contributed by atoms with Crippen LogP contribution in [0.3, 0.4) is 0 Å². The number of aliphatic hydroxyl groups excluding tert-OH is 4. The van der Waals surface area contributed by atoms with E-state index in [4.69, 9.17) is 18.6 Å². The van der Waals surface area contributed by atoms with E-state index in [1.807, 2.05) is 0 Å². The van der Waals surface area contributed by atoms with Crippen molar-refractivity contribution in [3.8, 4) is 45.8 Å². The van der Waals surface area contributed by atoms with Crippen molar-refractivity contribution in [1.29, 1.82) is 0 Å². The van der Waals surface area contributed by atoms with Crippen LogP contribution in [0.1, 0.15) is 0 Å². The Kier molecular flexibility index (Phi) is 7.65. The summed E-state index contributed by atoms with van der Waals surface area (Å²) in [6.45, 7) is -0.678. The molecule has 12 nitrogen and oxygen atoms in total. The highest BCUT2D eigenvalue weighted by Crippen LogP contribution is 2.45. The number of hydrogen-bond acceptors (Lipinski definition) is 11. The van der Waals surface area contributed by atoms with Gasteiger partial charge in [-0.05, 0) is 0 Å². The van der Waals surface area contributed by atoms with E-state index in [0.717, 1.165) is 12.1 Å². The summed E-state index contributed by atoms with van der Waals surface area (Å²) >= 11 is 0. The lowest BCUT2D eigenvalue weighted by Crippen LogP contribution is -3.00. The molecule has 2 aromatic carbocycles. The third-order valence-corrected chi connectivity index (χ3v) is 5.44. The van der Waals surface area contributed by atoms with Crippen molar-refractivity contribution < 1.29 is 71.9 Å². The average Bonchev–Trinajstić information content (AvgIpc) is 2.81. The summed E-state index contributed by atoms with van der Waals surface area (Å²) in [4.78, 5) is 0. The van der Waals surface area contributed by atoms with Gasteiger partial charge in [0.2, 0.25) is 17.8 Å². The first-order chi connectivity index (χ1) is 16.1. The molecule has 0 saturated carbocycles. The van der Waals surface area contributed by atoms with Gasteiger partial charge in [-0.3, -0.25) is 0 Å². The predicted octanol–water partition coefficient (Wildman–Crippen LogP) is -2.61. The lowest BCUT2D eigenvalue weighted by Gasteiger charge is -2.39. The van der Waals surface area contributed by atoms with E-state index in [2.05, 4.69) is 0 Å². The molecule has 13 heteroatoms. The zero-order chi connectivity index (χ0) is 24.7. The molecular weight excluding hydrogens is 492 g/mol. The molecule has 35 heavy (non-hydrogen) atoms. The number of phenols is 4. The first kappa shape index (κ1) is 26.3. The van der Waals surface area contributed by atoms with Crippen molar-refractivity contribution in [3.05, 3.63) is 30.3 Å². The third kappa shape index (κ3) is 4.80. The summed E-state index contributed by atoms with van der Waals surface area (Å²) in [5, 5.41) is 80.1. The normalized spacial score (nSPS) is 24.1. The number of aromatic hydroxyl groups is 4. The molecule has 3 aromatic rings. The van der Waals surface area contributed by atoms with Crippen molar-refractivity contribution >= 4 is 11.0 Å². The predicted molar refractivity (Wildman–Crippen MR) is 114 cm³/mol. The molecule has 1 aliphatic heterocycles. The molecule has 1 aromatic heterocycles. The molecule has 1 aliphatic rings. The number of benzene rings is 2. The van der Waals surface area contributed by atoms with Gasteiger partial charge in [0.05, 0.1) is 25.3 Å². The Labute approximate surface area is 203 Å². The first-order valence-electron chi connectivity index (χ1n) is 10.0. The molecule has 0 radical (unpaired) electrons. The summed E-state index contributed by atoms with van der Waals surface area (Å²) in [6, 6.07) is 6.01. The summed E-state index contributed by atoms with van der Waals surface area (Å²) in [5.41, 5.74) is 0.136. The highest BCUT2D eigenvalue weighted by molar-refractivity contribution is 5.88. The third-order valence-electron chi connectivity index (χ3n) is 5.44. The Balaban J connectivity index is 0.00000342. The topological polar surface area (TPSA) is 201 Å². The number of fused-ring (bicyclic) bond motifs is 1. The largest absolute Gasteiger partial charge is 1.00 e. The van der Waals surface area contributed by atoms with Crippen LogP contribution in [-0.2, 0) is 4.74 Å². The Morgan fingerprint density at radius 2 is 1.60 bits per heavy atom. The van der Waals surface area contributed by atoms with Crippen LogP contribution in [0.25, 0.3) is 22.3 Å². The molecule has 0 aliphatic carbocycles. The van der Waals surface area contributed by atoms with Crippen LogP contribution in [0.2, 0.25) is 0 Å². The van der Waals surface area contributed by atoms with E-state index in [1.54, 1.807) is 0 Å². The lowest BCUT2D eigenvalue weighted by molar-refractivity contribution is -0.277. The summed E-state index contributed by atoms with van der Waals surface area (Å²) in [7, 11) is 1.26. The van der Waals surface area contributed by atoms with Crippen molar-refractivity contribution in [2.75, 3.05) is 13.7 Å². The van der Waals surface area contributed by atoms with Crippen LogP contribution in [-0.4, -0.2) is 85.3 Å². The van der Waals surface area contributed by atoms with Gasteiger partial charge < -0.3 is 67.5 Å².